The van der Waals surface area contributed by atoms with Crippen LogP contribution < -0.4 is 20.9 Å². The Bertz CT molecular complexity index is 601. The molecule has 6 heteroatoms. The Morgan fingerprint density at radius 1 is 1.04 bits per heavy atom. The van der Waals surface area contributed by atoms with Gasteiger partial charge in [0.25, 0.3) is 5.91 Å². The van der Waals surface area contributed by atoms with E-state index in [1.165, 1.54) is 36.3 Å². The van der Waals surface area contributed by atoms with E-state index < -0.39 is 0 Å². The molecule has 1 aromatic carbocycles. The number of carbonyl (C=O) groups is 2. The van der Waals surface area contributed by atoms with E-state index >= 15 is 0 Å². The molecule has 142 valence electrons. The van der Waals surface area contributed by atoms with Crippen LogP contribution in [-0.2, 0) is 9.59 Å². The summed E-state index contributed by atoms with van der Waals surface area (Å²) in [6.07, 6.45) is 6.72. The minimum Gasteiger partial charge on any atom is -0.372 e. The molecule has 2 fully saturated rings. The number of nitrogens with one attached hydrogen (secondary N) is 2. The van der Waals surface area contributed by atoms with Crippen LogP contribution in [0.25, 0.3) is 0 Å². The fourth-order valence-corrected chi connectivity index (χ4v) is 4.00. The van der Waals surface area contributed by atoms with E-state index in [4.69, 9.17) is 5.73 Å². The number of hydrogen-bond donors (Lipinski definition) is 3. The number of quaternary nitrogens is 1. The molecule has 0 spiro atoms. The monoisotopic (exact) mass is 359 g/mol. The summed E-state index contributed by atoms with van der Waals surface area (Å²) in [5.41, 5.74) is 7.45. The lowest BCUT2D eigenvalue weighted by molar-refractivity contribution is -0.897. The number of likely N-dealkylation sites (tertiary alicyclic amines) is 1. The third-order valence-corrected chi connectivity index (χ3v) is 5.63. The largest absolute Gasteiger partial charge is 0.372 e. The van der Waals surface area contributed by atoms with Crippen molar-refractivity contribution >= 4 is 23.2 Å². The van der Waals surface area contributed by atoms with Gasteiger partial charge < -0.3 is 20.9 Å². The van der Waals surface area contributed by atoms with E-state index in [-0.39, 0.29) is 17.7 Å². The van der Waals surface area contributed by atoms with Gasteiger partial charge in [0.15, 0.2) is 6.54 Å². The highest BCUT2D eigenvalue weighted by Crippen LogP contribution is 2.21. The molecule has 6 nitrogen and oxygen atoms in total. The zero-order valence-electron chi connectivity index (χ0n) is 15.5. The normalized spacial score (nSPS) is 23.9. The quantitative estimate of drug-likeness (QED) is 0.727. The number of nitrogens with zero attached hydrogens (tertiary/aromatic N) is 1. The summed E-state index contributed by atoms with van der Waals surface area (Å²) in [4.78, 5) is 27.2. The molecule has 26 heavy (non-hydrogen) atoms. The second-order valence-corrected chi connectivity index (χ2v) is 7.60. The zero-order valence-corrected chi connectivity index (χ0v) is 15.5. The van der Waals surface area contributed by atoms with Gasteiger partial charge in [-0.25, -0.2) is 0 Å². The lowest BCUT2D eigenvalue weighted by atomic mass is 9.96. The number of amides is 2. The molecule has 0 atom stereocenters. The molecule has 2 aliphatic heterocycles. The van der Waals surface area contributed by atoms with Gasteiger partial charge in [0, 0.05) is 43.2 Å². The van der Waals surface area contributed by atoms with E-state index in [0.29, 0.717) is 6.54 Å². The standard InChI is InChI=1S/C20H30N4O2/c21-20(26)16-9-13-23(14-10-16)15-19(25)22-17-5-7-18(8-6-17)24-11-3-1-2-4-12-24/h5-8,16H,1-4,9-15H2,(H2,21,26)(H,22,25)/p+1. The summed E-state index contributed by atoms with van der Waals surface area (Å²) in [5.74, 6) is -0.202. The maximum absolute atomic E-state index is 12.3. The summed E-state index contributed by atoms with van der Waals surface area (Å²) in [6.45, 7) is 4.34. The Morgan fingerprint density at radius 2 is 1.65 bits per heavy atom. The Balaban J connectivity index is 1.46. The van der Waals surface area contributed by atoms with Gasteiger partial charge in [-0.1, -0.05) is 12.8 Å². The first-order chi connectivity index (χ1) is 12.6. The minimum absolute atomic E-state index is 0.0201. The maximum atomic E-state index is 12.3. The molecule has 2 heterocycles. The van der Waals surface area contributed by atoms with Crippen molar-refractivity contribution in [3.8, 4) is 0 Å². The molecular formula is C20H31N4O2+. The highest BCUT2D eigenvalue weighted by atomic mass is 16.2. The SMILES string of the molecule is NC(=O)C1CC[NH+](CC(=O)Nc2ccc(N3CCCCCC3)cc2)CC1. The number of anilines is 2. The van der Waals surface area contributed by atoms with Crippen molar-refractivity contribution in [1.82, 2.24) is 0 Å². The summed E-state index contributed by atoms with van der Waals surface area (Å²) in [6, 6.07) is 8.19. The zero-order chi connectivity index (χ0) is 18.4. The number of primary amides is 1. The van der Waals surface area contributed by atoms with Gasteiger partial charge in [0.1, 0.15) is 0 Å². The molecule has 2 amide bonds. The van der Waals surface area contributed by atoms with Crippen molar-refractivity contribution in [3.63, 3.8) is 0 Å². The van der Waals surface area contributed by atoms with Crippen molar-refractivity contribution in [1.29, 1.82) is 0 Å². The lowest BCUT2D eigenvalue weighted by Crippen LogP contribution is -3.14. The Morgan fingerprint density at radius 3 is 2.23 bits per heavy atom. The van der Waals surface area contributed by atoms with Gasteiger partial charge >= 0.3 is 0 Å². The Labute approximate surface area is 155 Å². The van der Waals surface area contributed by atoms with E-state index in [0.717, 1.165) is 44.7 Å². The van der Waals surface area contributed by atoms with Crippen molar-refractivity contribution in [2.75, 3.05) is 42.9 Å². The van der Waals surface area contributed by atoms with Gasteiger partial charge in [-0.2, -0.15) is 0 Å². The number of nitrogens with two attached hydrogens (primary N) is 1. The molecule has 0 aliphatic carbocycles. The number of rotatable bonds is 5. The fourth-order valence-electron chi connectivity index (χ4n) is 4.00. The predicted molar refractivity (Wildman–Crippen MR) is 103 cm³/mol. The third kappa shape index (κ3) is 5.21. The van der Waals surface area contributed by atoms with Crippen molar-refractivity contribution in [2.45, 2.75) is 38.5 Å². The summed E-state index contributed by atoms with van der Waals surface area (Å²) >= 11 is 0. The second kappa shape index (κ2) is 9.03. The molecule has 0 bridgehead atoms. The molecule has 3 rings (SSSR count). The van der Waals surface area contributed by atoms with Crippen LogP contribution in [0.1, 0.15) is 38.5 Å². The van der Waals surface area contributed by atoms with Gasteiger partial charge in [-0.15, -0.1) is 0 Å². The molecule has 2 saturated heterocycles. The molecule has 2 aliphatic rings. The molecule has 0 radical (unpaired) electrons. The molecule has 0 saturated carbocycles. The van der Waals surface area contributed by atoms with Crippen LogP contribution in [0.4, 0.5) is 11.4 Å². The van der Waals surface area contributed by atoms with Crippen LogP contribution >= 0.6 is 0 Å². The van der Waals surface area contributed by atoms with Crippen molar-refractivity contribution in [3.05, 3.63) is 24.3 Å². The molecule has 0 unspecified atom stereocenters. The lowest BCUT2D eigenvalue weighted by Gasteiger charge is -2.27. The summed E-state index contributed by atoms with van der Waals surface area (Å²) in [7, 11) is 0. The van der Waals surface area contributed by atoms with Crippen LogP contribution in [0.3, 0.4) is 0 Å². The average molecular weight is 359 g/mol. The van der Waals surface area contributed by atoms with Crippen LogP contribution in [0.15, 0.2) is 24.3 Å². The van der Waals surface area contributed by atoms with Gasteiger partial charge in [-0.05, 0) is 37.1 Å². The molecular weight excluding hydrogens is 328 g/mol. The van der Waals surface area contributed by atoms with Gasteiger partial charge in [0.05, 0.1) is 13.1 Å². The third-order valence-electron chi connectivity index (χ3n) is 5.63. The summed E-state index contributed by atoms with van der Waals surface area (Å²) < 4.78 is 0. The molecule has 0 aromatic heterocycles. The number of hydrogen-bond acceptors (Lipinski definition) is 3. The first-order valence-electron chi connectivity index (χ1n) is 9.89. The Kier molecular flexibility index (Phi) is 6.50. The van der Waals surface area contributed by atoms with Crippen molar-refractivity contribution in [2.24, 2.45) is 11.7 Å². The van der Waals surface area contributed by atoms with Crippen LogP contribution in [0.5, 0.6) is 0 Å². The van der Waals surface area contributed by atoms with Crippen molar-refractivity contribution < 1.29 is 14.5 Å². The highest BCUT2D eigenvalue weighted by Gasteiger charge is 2.27. The second-order valence-electron chi connectivity index (χ2n) is 7.60. The average Bonchev–Trinajstić information content (AvgIpc) is 2.92. The Hall–Kier alpha value is -2.08. The van der Waals surface area contributed by atoms with Crippen LogP contribution in [-0.4, -0.2) is 44.5 Å². The number of carbonyl (C=O) groups excluding carboxylic acids is 2. The van der Waals surface area contributed by atoms with E-state index in [2.05, 4.69) is 22.3 Å². The summed E-state index contributed by atoms with van der Waals surface area (Å²) in [5, 5.41) is 3.00. The number of piperidine rings is 1. The van der Waals surface area contributed by atoms with E-state index in [9.17, 15) is 9.59 Å². The molecule has 1 aromatic rings. The topological polar surface area (TPSA) is 79.9 Å². The molecule has 4 N–H and O–H groups in total. The smallest absolute Gasteiger partial charge is 0.279 e. The first kappa shape index (κ1) is 18.7. The van der Waals surface area contributed by atoms with E-state index in [1.54, 1.807) is 0 Å². The predicted octanol–water partition coefficient (Wildman–Crippen LogP) is 0.786. The fraction of sp³-hybridized carbons (Fsp3) is 0.600. The van der Waals surface area contributed by atoms with E-state index in [1.807, 2.05) is 12.1 Å². The first-order valence-corrected chi connectivity index (χ1v) is 9.89. The van der Waals surface area contributed by atoms with Crippen LogP contribution in [0.2, 0.25) is 0 Å². The van der Waals surface area contributed by atoms with Gasteiger partial charge in [-0.3, -0.25) is 9.59 Å². The number of benzene rings is 1. The highest BCUT2D eigenvalue weighted by molar-refractivity contribution is 5.91. The van der Waals surface area contributed by atoms with Crippen LogP contribution in [0, 0.1) is 5.92 Å². The minimum atomic E-state index is -0.210. The maximum Gasteiger partial charge on any atom is 0.279 e. The van der Waals surface area contributed by atoms with Gasteiger partial charge in [0.2, 0.25) is 5.91 Å².